The van der Waals surface area contributed by atoms with Gasteiger partial charge in [0.15, 0.2) is 0 Å². The van der Waals surface area contributed by atoms with Crippen molar-refractivity contribution in [1.29, 1.82) is 0 Å². The van der Waals surface area contributed by atoms with Crippen LogP contribution in [0.1, 0.15) is 68.9 Å². The third kappa shape index (κ3) is 6.78. The van der Waals surface area contributed by atoms with Crippen LogP contribution in [0.3, 0.4) is 0 Å². The first-order chi connectivity index (χ1) is 18.5. The van der Waals surface area contributed by atoms with Gasteiger partial charge in [0.05, 0.1) is 24.3 Å². The van der Waals surface area contributed by atoms with Gasteiger partial charge >= 0.3 is 6.09 Å². The Morgan fingerprint density at radius 3 is 2.46 bits per heavy atom. The van der Waals surface area contributed by atoms with Gasteiger partial charge in [-0.15, -0.1) is 0 Å². The maximum absolute atomic E-state index is 13.9. The lowest BCUT2D eigenvalue weighted by Crippen LogP contribution is -2.52. The Morgan fingerprint density at radius 1 is 1.18 bits per heavy atom. The fraction of sp³-hybridized carbons (Fsp3) is 0.571. The first kappa shape index (κ1) is 29.0. The zero-order chi connectivity index (χ0) is 28.3. The van der Waals surface area contributed by atoms with Gasteiger partial charge in [0, 0.05) is 43.3 Å². The number of carbonyl (C=O) groups is 2. The van der Waals surface area contributed by atoms with E-state index in [2.05, 4.69) is 21.8 Å². The van der Waals surface area contributed by atoms with Gasteiger partial charge in [0.1, 0.15) is 24.4 Å². The van der Waals surface area contributed by atoms with Crippen molar-refractivity contribution in [2.45, 2.75) is 57.7 Å². The predicted octanol–water partition coefficient (Wildman–Crippen LogP) is 4.31. The standard InChI is InChI=1S/C28H37ClFN5O4/c1-18-15-22(36)24-23(18)25(32-17-31-24)33-11-13-34(14-12-33)26(37)21(19-5-7-20(29)8-6-19)16-35(10-9-30)27(38)39-28(2,3)4/h5-8,17-18,21-22,36H,9-16H2,1-4H3/t18-,21-,22-/m1/s1. The summed E-state index contributed by atoms with van der Waals surface area (Å²) in [5, 5.41) is 10.9. The van der Waals surface area contributed by atoms with E-state index in [4.69, 9.17) is 16.3 Å². The molecule has 1 fully saturated rings. The fourth-order valence-electron chi connectivity index (χ4n) is 5.24. The zero-order valence-electron chi connectivity index (χ0n) is 22.9. The van der Waals surface area contributed by atoms with Crippen LogP contribution < -0.4 is 4.90 Å². The van der Waals surface area contributed by atoms with Crippen molar-refractivity contribution in [3.8, 4) is 0 Å². The molecule has 1 N–H and O–H groups in total. The van der Waals surface area contributed by atoms with Gasteiger partial charge in [0.25, 0.3) is 0 Å². The molecular weight excluding hydrogens is 525 g/mol. The van der Waals surface area contributed by atoms with E-state index in [1.54, 1.807) is 49.9 Å². The van der Waals surface area contributed by atoms with Crippen LogP contribution in [-0.2, 0) is 9.53 Å². The summed E-state index contributed by atoms with van der Waals surface area (Å²) in [5.74, 6) is 0.0892. The van der Waals surface area contributed by atoms with Crippen LogP contribution >= 0.6 is 11.6 Å². The Labute approximate surface area is 233 Å². The molecule has 39 heavy (non-hydrogen) atoms. The molecule has 4 rings (SSSR count). The maximum atomic E-state index is 13.9. The van der Waals surface area contributed by atoms with Gasteiger partial charge in [0.2, 0.25) is 5.91 Å². The topological polar surface area (TPSA) is 99.1 Å². The normalized spacial score (nSPS) is 20.0. The molecule has 0 spiro atoms. The third-order valence-corrected chi connectivity index (χ3v) is 7.40. The number of halogens is 2. The summed E-state index contributed by atoms with van der Waals surface area (Å²) >= 11 is 6.10. The molecule has 11 heteroatoms. The second kappa shape index (κ2) is 12.0. The maximum Gasteiger partial charge on any atom is 0.410 e. The van der Waals surface area contributed by atoms with E-state index in [0.717, 1.165) is 11.4 Å². The Kier molecular flexibility index (Phi) is 8.96. The highest BCUT2D eigenvalue weighted by Crippen LogP contribution is 2.42. The van der Waals surface area contributed by atoms with Crippen LogP contribution in [0, 0.1) is 0 Å². The highest BCUT2D eigenvalue weighted by atomic mass is 35.5. The van der Waals surface area contributed by atoms with Crippen molar-refractivity contribution in [2.24, 2.45) is 0 Å². The molecule has 2 aliphatic rings. The zero-order valence-corrected chi connectivity index (χ0v) is 23.7. The van der Waals surface area contributed by atoms with Crippen LogP contribution in [0.25, 0.3) is 0 Å². The van der Waals surface area contributed by atoms with E-state index in [1.165, 1.54) is 11.2 Å². The van der Waals surface area contributed by atoms with Crippen molar-refractivity contribution in [3.05, 3.63) is 52.4 Å². The fourth-order valence-corrected chi connectivity index (χ4v) is 5.37. The first-order valence-corrected chi connectivity index (χ1v) is 13.7. The van der Waals surface area contributed by atoms with E-state index in [-0.39, 0.29) is 24.9 Å². The van der Waals surface area contributed by atoms with Gasteiger partial charge in [-0.1, -0.05) is 30.7 Å². The molecule has 0 saturated carbocycles. The van der Waals surface area contributed by atoms with Crippen molar-refractivity contribution < 1.29 is 23.8 Å². The first-order valence-electron chi connectivity index (χ1n) is 13.3. The quantitative estimate of drug-likeness (QED) is 0.538. The number of aromatic nitrogens is 2. The summed E-state index contributed by atoms with van der Waals surface area (Å²) in [6.45, 7) is 8.37. The van der Waals surface area contributed by atoms with Crippen molar-refractivity contribution in [3.63, 3.8) is 0 Å². The minimum atomic E-state index is -0.754. The highest BCUT2D eigenvalue weighted by Gasteiger charge is 2.36. The smallest absolute Gasteiger partial charge is 0.410 e. The summed E-state index contributed by atoms with van der Waals surface area (Å²) in [6, 6.07) is 6.93. The average molecular weight is 562 g/mol. The lowest BCUT2D eigenvalue weighted by atomic mass is 9.96. The van der Waals surface area contributed by atoms with E-state index in [1.807, 2.05) is 0 Å². The van der Waals surface area contributed by atoms with Crippen LogP contribution in [0.15, 0.2) is 30.6 Å². The number of anilines is 1. The Morgan fingerprint density at radius 2 is 1.85 bits per heavy atom. The number of benzene rings is 1. The average Bonchev–Trinajstić information content (AvgIpc) is 3.19. The molecule has 3 atom stereocenters. The van der Waals surface area contributed by atoms with Crippen LogP contribution in [0.4, 0.5) is 15.0 Å². The van der Waals surface area contributed by atoms with Crippen molar-refractivity contribution in [2.75, 3.05) is 50.8 Å². The number of fused-ring (bicyclic) bond motifs is 1. The molecular formula is C28H37ClFN5O4. The van der Waals surface area contributed by atoms with Gasteiger partial charge in [-0.05, 0) is 50.8 Å². The van der Waals surface area contributed by atoms with Crippen molar-refractivity contribution >= 4 is 29.4 Å². The molecule has 1 aliphatic heterocycles. The Hall–Kier alpha value is -2.98. The van der Waals surface area contributed by atoms with Gasteiger partial charge < -0.3 is 24.5 Å². The molecule has 2 amide bonds. The summed E-state index contributed by atoms with van der Waals surface area (Å²) in [5.41, 5.74) is 1.60. The molecule has 0 radical (unpaired) electrons. The second-order valence-electron chi connectivity index (χ2n) is 11.2. The van der Waals surface area contributed by atoms with Gasteiger partial charge in [-0.3, -0.25) is 4.79 Å². The number of aliphatic hydroxyl groups excluding tert-OH is 1. The molecule has 0 unspecified atom stereocenters. The Balaban J connectivity index is 1.52. The molecule has 9 nitrogen and oxygen atoms in total. The van der Waals surface area contributed by atoms with Crippen LogP contribution in [0.5, 0.6) is 0 Å². The minimum absolute atomic E-state index is 0.0195. The number of hydrogen-bond acceptors (Lipinski definition) is 7. The van der Waals surface area contributed by atoms with E-state index in [0.29, 0.717) is 48.9 Å². The lowest BCUT2D eigenvalue weighted by Gasteiger charge is -2.38. The molecule has 0 bridgehead atoms. The third-order valence-electron chi connectivity index (χ3n) is 7.15. The van der Waals surface area contributed by atoms with E-state index in [9.17, 15) is 19.1 Å². The number of alkyl halides is 1. The van der Waals surface area contributed by atoms with Crippen LogP contribution in [-0.4, -0.2) is 88.4 Å². The molecule has 2 aromatic rings. The summed E-state index contributed by atoms with van der Waals surface area (Å²) < 4.78 is 18.9. The highest BCUT2D eigenvalue weighted by molar-refractivity contribution is 6.30. The van der Waals surface area contributed by atoms with Crippen LogP contribution in [0.2, 0.25) is 5.02 Å². The largest absolute Gasteiger partial charge is 0.444 e. The minimum Gasteiger partial charge on any atom is -0.444 e. The number of aliphatic hydroxyl groups is 1. The number of rotatable bonds is 7. The molecule has 1 saturated heterocycles. The predicted molar refractivity (Wildman–Crippen MR) is 147 cm³/mol. The van der Waals surface area contributed by atoms with E-state index < -0.39 is 30.4 Å². The molecule has 1 aromatic heterocycles. The molecule has 1 aromatic carbocycles. The Bertz CT molecular complexity index is 1170. The number of hydrogen-bond donors (Lipinski definition) is 1. The SMILES string of the molecule is C[C@@H]1C[C@@H](O)c2ncnc(N3CCN(C(=O)[C@H](CN(CCF)C(=O)OC(C)(C)C)c4ccc(Cl)cc4)CC3)c21. The monoisotopic (exact) mass is 561 g/mol. The summed E-state index contributed by atoms with van der Waals surface area (Å²) in [7, 11) is 0. The summed E-state index contributed by atoms with van der Waals surface area (Å²) in [4.78, 5) is 40.8. The lowest BCUT2D eigenvalue weighted by molar-refractivity contribution is -0.133. The second-order valence-corrected chi connectivity index (χ2v) is 11.6. The number of amides is 2. The number of carbonyl (C=O) groups excluding carboxylic acids is 2. The number of ether oxygens (including phenoxy) is 1. The molecule has 1 aliphatic carbocycles. The molecule has 212 valence electrons. The number of piperazine rings is 1. The summed E-state index contributed by atoms with van der Waals surface area (Å²) in [6.07, 6.45) is 0.859. The van der Waals surface area contributed by atoms with Gasteiger partial charge in [-0.2, -0.15) is 0 Å². The van der Waals surface area contributed by atoms with Crippen molar-refractivity contribution in [1.82, 2.24) is 19.8 Å². The van der Waals surface area contributed by atoms with Gasteiger partial charge in [-0.25, -0.2) is 19.2 Å². The van der Waals surface area contributed by atoms with E-state index >= 15 is 0 Å². The molecule has 2 heterocycles. The number of nitrogens with zero attached hydrogens (tertiary/aromatic N) is 5.